The molecule has 4 nitrogen and oxygen atoms in total. The van der Waals surface area contributed by atoms with Crippen LogP contribution in [0.15, 0.2) is 4.36 Å². The monoisotopic (exact) mass is 191 g/mol. The number of nitrogens with zero attached hydrogens (tertiary/aromatic N) is 1. The summed E-state index contributed by atoms with van der Waals surface area (Å²) in [5, 5.41) is 0. The summed E-state index contributed by atoms with van der Waals surface area (Å²) in [6, 6.07) is 0. The smallest absolute Gasteiger partial charge is 0.298 e. The summed E-state index contributed by atoms with van der Waals surface area (Å²) in [6.45, 7) is 1.85. The zero-order valence-electron chi connectivity index (χ0n) is 7.12. The van der Waals surface area contributed by atoms with E-state index >= 15 is 0 Å². The third-order valence-corrected chi connectivity index (χ3v) is 1.75. The number of ketones is 1. The second-order valence-electron chi connectivity index (χ2n) is 2.50. The Morgan fingerprint density at radius 3 is 2.50 bits per heavy atom. The van der Waals surface area contributed by atoms with Crippen LogP contribution < -0.4 is 0 Å². The highest BCUT2D eigenvalue weighted by molar-refractivity contribution is 7.61. The molecule has 0 saturated heterocycles. The lowest BCUT2D eigenvalue weighted by Crippen LogP contribution is -2.01. The van der Waals surface area contributed by atoms with Gasteiger partial charge in [-0.15, -0.1) is 0 Å². The molecule has 0 heterocycles. The van der Waals surface area contributed by atoms with Crippen LogP contribution in [0.2, 0.25) is 0 Å². The second-order valence-corrected chi connectivity index (χ2v) is 3.19. The molecule has 0 aliphatic heterocycles. The summed E-state index contributed by atoms with van der Waals surface area (Å²) in [5.41, 5.74) is 0. The van der Waals surface area contributed by atoms with Gasteiger partial charge < -0.3 is 0 Å². The van der Waals surface area contributed by atoms with Crippen molar-refractivity contribution >= 4 is 16.3 Å². The number of carbonyl (C=O) groups excluding carboxylic acids is 1. The Morgan fingerprint density at radius 1 is 1.33 bits per heavy atom. The second kappa shape index (κ2) is 6.97. The average Bonchev–Trinajstić information content (AvgIpc) is 2.01. The number of rotatable bonds is 6. The van der Waals surface area contributed by atoms with Crippen molar-refractivity contribution in [2.24, 2.45) is 4.36 Å². The van der Waals surface area contributed by atoms with Crippen LogP contribution in [0.25, 0.3) is 0 Å². The standard InChI is InChI=1S/C7H13NO3S/c1-2-3-4-5-7(9)6-8-12(10)11/h2-6H2,1H3. The number of hydrogen-bond donors (Lipinski definition) is 0. The van der Waals surface area contributed by atoms with Crippen molar-refractivity contribution < 1.29 is 13.2 Å². The summed E-state index contributed by atoms with van der Waals surface area (Å²) in [7, 11) is -2.44. The van der Waals surface area contributed by atoms with E-state index in [2.05, 4.69) is 4.36 Å². The lowest BCUT2D eigenvalue weighted by Gasteiger charge is -1.93. The lowest BCUT2D eigenvalue weighted by molar-refractivity contribution is -0.117. The molecule has 12 heavy (non-hydrogen) atoms. The third-order valence-electron chi connectivity index (χ3n) is 1.41. The molecule has 0 unspecified atom stereocenters. The molecule has 0 rings (SSSR count). The zero-order valence-corrected chi connectivity index (χ0v) is 7.93. The molecule has 0 aliphatic rings. The van der Waals surface area contributed by atoms with Crippen LogP contribution in [0.3, 0.4) is 0 Å². The normalized spacial score (nSPS) is 9.42. The highest BCUT2D eigenvalue weighted by Gasteiger charge is 1.99. The van der Waals surface area contributed by atoms with Crippen LogP contribution in [0.4, 0.5) is 0 Å². The minimum atomic E-state index is -2.44. The van der Waals surface area contributed by atoms with Crippen LogP contribution >= 0.6 is 0 Å². The van der Waals surface area contributed by atoms with Gasteiger partial charge in [0, 0.05) is 6.42 Å². The van der Waals surface area contributed by atoms with Crippen LogP contribution in [0.5, 0.6) is 0 Å². The van der Waals surface area contributed by atoms with Crippen LogP contribution in [-0.2, 0) is 15.3 Å². The average molecular weight is 191 g/mol. The summed E-state index contributed by atoms with van der Waals surface area (Å²) < 4.78 is 22.9. The fourth-order valence-corrected chi connectivity index (χ4v) is 1.03. The largest absolute Gasteiger partial charge is 0.311 e. The molecule has 0 aliphatic carbocycles. The molecule has 0 spiro atoms. The van der Waals surface area contributed by atoms with Gasteiger partial charge >= 0.3 is 10.5 Å². The minimum Gasteiger partial charge on any atom is -0.298 e. The van der Waals surface area contributed by atoms with Crippen LogP contribution in [-0.4, -0.2) is 20.7 Å². The van der Waals surface area contributed by atoms with Crippen LogP contribution in [0, 0.1) is 0 Å². The Hall–Kier alpha value is -0.710. The molecule has 0 aromatic heterocycles. The highest BCUT2D eigenvalue weighted by Crippen LogP contribution is 1.99. The maximum Gasteiger partial charge on any atom is 0.311 e. The van der Waals surface area contributed by atoms with E-state index in [1.807, 2.05) is 6.92 Å². The van der Waals surface area contributed by atoms with E-state index in [-0.39, 0.29) is 12.3 Å². The quantitative estimate of drug-likeness (QED) is 0.592. The predicted octanol–water partition coefficient (Wildman–Crippen LogP) is 1.20. The number of Topliss-reactive ketones (excluding diaryl/α,β-unsaturated/α-hetero) is 1. The van der Waals surface area contributed by atoms with Gasteiger partial charge in [0.15, 0.2) is 5.78 Å². The molecule has 70 valence electrons. The summed E-state index contributed by atoms with van der Waals surface area (Å²) in [6.07, 6.45) is 3.33. The Labute approximate surface area is 73.7 Å². The maximum atomic E-state index is 10.9. The van der Waals surface area contributed by atoms with Crippen molar-refractivity contribution in [1.82, 2.24) is 0 Å². The fourth-order valence-electron chi connectivity index (χ4n) is 0.776. The molecule has 0 fully saturated rings. The first kappa shape index (κ1) is 11.3. The van der Waals surface area contributed by atoms with Crippen molar-refractivity contribution in [1.29, 1.82) is 0 Å². The van der Waals surface area contributed by atoms with Gasteiger partial charge in [0.2, 0.25) is 0 Å². The Morgan fingerprint density at radius 2 is 2.00 bits per heavy atom. The van der Waals surface area contributed by atoms with Gasteiger partial charge in [-0.25, -0.2) is 0 Å². The van der Waals surface area contributed by atoms with Gasteiger partial charge in [-0.05, 0) is 6.42 Å². The minimum absolute atomic E-state index is 0.104. The number of hydrogen-bond acceptors (Lipinski definition) is 4. The molecular weight excluding hydrogens is 178 g/mol. The Balaban J connectivity index is 3.54. The van der Waals surface area contributed by atoms with E-state index in [4.69, 9.17) is 0 Å². The Kier molecular flexibility index (Phi) is 6.55. The molecule has 0 bridgehead atoms. The molecule has 0 atom stereocenters. The molecule has 0 radical (unpaired) electrons. The first-order valence-corrected chi connectivity index (χ1v) is 4.98. The van der Waals surface area contributed by atoms with E-state index in [1.165, 1.54) is 0 Å². The number of unbranched alkanes of at least 4 members (excludes halogenated alkanes) is 2. The van der Waals surface area contributed by atoms with E-state index in [0.29, 0.717) is 6.42 Å². The van der Waals surface area contributed by atoms with Gasteiger partial charge in [0.25, 0.3) is 0 Å². The molecule has 0 aromatic carbocycles. The molecule has 0 N–H and O–H groups in total. The van der Waals surface area contributed by atoms with Gasteiger partial charge in [0.1, 0.15) is 6.54 Å². The summed E-state index contributed by atoms with van der Waals surface area (Å²) in [5.74, 6) is -0.104. The molecule has 0 saturated carbocycles. The van der Waals surface area contributed by atoms with E-state index in [0.717, 1.165) is 19.3 Å². The fraction of sp³-hybridized carbons (Fsp3) is 0.857. The van der Waals surface area contributed by atoms with Crippen molar-refractivity contribution in [2.75, 3.05) is 6.54 Å². The topological polar surface area (TPSA) is 63.6 Å². The van der Waals surface area contributed by atoms with Crippen molar-refractivity contribution in [3.63, 3.8) is 0 Å². The molecule has 5 heteroatoms. The van der Waals surface area contributed by atoms with E-state index < -0.39 is 10.5 Å². The highest BCUT2D eigenvalue weighted by atomic mass is 32.2. The van der Waals surface area contributed by atoms with Gasteiger partial charge in [-0.2, -0.15) is 12.8 Å². The van der Waals surface area contributed by atoms with Crippen LogP contribution in [0.1, 0.15) is 32.6 Å². The lowest BCUT2D eigenvalue weighted by atomic mass is 10.1. The first-order chi connectivity index (χ1) is 5.66. The maximum absolute atomic E-state index is 10.9. The third kappa shape index (κ3) is 7.40. The Bertz CT molecular complexity index is 248. The van der Waals surface area contributed by atoms with E-state index in [9.17, 15) is 13.2 Å². The SMILES string of the molecule is CCCCCC(=O)CN=S(=O)=O. The summed E-state index contributed by atoms with van der Waals surface area (Å²) >= 11 is 0. The predicted molar refractivity (Wildman–Crippen MR) is 45.4 cm³/mol. The van der Waals surface area contributed by atoms with Gasteiger partial charge in [-0.3, -0.25) is 4.79 Å². The number of carbonyl (C=O) groups is 1. The zero-order chi connectivity index (χ0) is 9.40. The molecular formula is C7H13NO3S. The molecule has 0 amide bonds. The van der Waals surface area contributed by atoms with Crippen molar-refractivity contribution in [3.05, 3.63) is 0 Å². The van der Waals surface area contributed by atoms with Gasteiger partial charge in [-0.1, -0.05) is 19.8 Å². The molecule has 0 aromatic rings. The van der Waals surface area contributed by atoms with E-state index in [1.54, 1.807) is 0 Å². The summed E-state index contributed by atoms with van der Waals surface area (Å²) in [4.78, 5) is 10.9. The first-order valence-electron chi connectivity index (χ1n) is 3.95. The van der Waals surface area contributed by atoms with Crippen molar-refractivity contribution in [2.45, 2.75) is 32.6 Å². The van der Waals surface area contributed by atoms with Gasteiger partial charge in [0.05, 0.1) is 0 Å². The van der Waals surface area contributed by atoms with Crippen molar-refractivity contribution in [3.8, 4) is 0 Å².